The van der Waals surface area contributed by atoms with Gasteiger partial charge in [-0.25, -0.2) is 19.9 Å². The van der Waals surface area contributed by atoms with E-state index in [1.165, 1.54) is 11.1 Å². The van der Waals surface area contributed by atoms with Crippen LogP contribution in [-0.2, 0) is 6.42 Å². The molecular formula is C19H22N4O2+2. The third-order valence-electron chi connectivity index (χ3n) is 4.49. The van der Waals surface area contributed by atoms with Crippen molar-refractivity contribution in [3.63, 3.8) is 0 Å². The van der Waals surface area contributed by atoms with Crippen molar-refractivity contribution in [2.75, 3.05) is 0 Å². The van der Waals surface area contributed by atoms with E-state index in [1.807, 2.05) is 12.1 Å². The van der Waals surface area contributed by atoms with Crippen molar-refractivity contribution in [3.05, 3.63) is 59.2 Å². The van der Waals surface area contributed by atoms with E-state index in [0.29, 0.717) is 11.6 Å². The van der Waals surface area contributed by atoms with Crippen molar-refractivity contribution >= 4 is 22.1 Å². The lowest BCUT2D eigenvalue weighted by Gasteiger charge is -2.00. The van der Waals surface area contributed by atoms with Crippen LogP contribution in [0.25, 0.3) is 22.1 Å². The van der Waals surface area contributed by atoms with Crippen molar-refractivity contribution in [3.8, 4) is 0 Å². The number of fused-ring (bicyclic) bond motifs is 2. The average molecular weight is 338 g/mol. The number of aromatic nitrogens is 4. The summed E-state index contributed by atoms with van der Waals surface area (Å²) in [5, 5.41) is 19.4. The van der Waals surface area contributed by atoms with E-state index in [9.17, 15) is 10.2 Å². The molecule has 0 saturated heterocycles. The molecular weight excluding hydrogens is 316 g/mol. The quantitative estimate of drug-likeness (QED) is 0.457. The molecule has 6 N–H and O–H groups in total. The molecule has 0 aliphatic heterocycles. The molecule has 4 rings (SSSR count). The summed E-state index contributed by atoms with van der Waals surface area (Å²) in [6, 6.07) is 12.4. The zero-order valence-corrected chi connectivity index (χ0v) is 14.2. The van der Waals surface area contributed by atoms with Gasteiger partial charge in [-0.3, -0.25) is 0 Å². The van der Waals surface area contributed by atoms with Crippen LogP contribution in [0.5, 0.6) is 0 Å². The van der Waals surface area contributed by atoms with Crippen molar-refractivity contribution in [1.29, 1.82) is 0 Å². The highest BCUT2D eigenvalue weighted by molar-refractivity contribution is 5.74. The lowest BCUT2D eigenvalue weighted by molar-refractivity contribution is -0.368. The minimum atomic E-state index is -0.550. The first-order chi connectivity index (χ1) is 12.0. The van der Waals surface area contributed by atoms with Gasteiger partial charge in [-0.05, 0) is 55.7 Å². The molecule has 6 heteroatoms. The van der Waals surface area contributed by atoms with E-state index in [2.05, 4.69) is 44.2 Å². The first-order valence-corrected chi connectivity index (χ1v) is 8.43. The fourth-order valence-electron chi connectivity index (χ4n) is 3.12. The SMILES string of the molecule is CC(O)c1[nH]c2cc(Cc3ccc4[nH+]c(C(C)O)[nH]c4c3)ccc2[nH+]1. The predicted molar refractivity (Wildman–Crippen MR) is 93.8 cm³/mol. The number of nitrogens with one attached hydrogen (secondary N) is 4. The fraction of sp³-hybridized carbons (Fsp3) is 0.263. The molecule has 128 valence electrons. The Morgan fingerprint density at radius 2 is 1.24 bits per heavy atom. The van der Waals surface area contributed by atoms with Crippen LogP contribution in [0.4, 0.5) is 0 Å². The number of rotatable bonds is 4. The monoisotopic (exact) mass is 338 g/mol. The van der Waals surface area contributed by atoms with E-state index in [-0.39, 0.29) is 0 Å². The van der Waals surface area contributed by atoms with Crippen LogP contribution < -0.4 is 9.97 Å². The van der Waals surface area contributed by atoms with Crippen LogP contribution in [0.3, 0.4) is 0 Å². The van der Waals surface area contributed by atoms with Gasteiger partial charge < -0.3 is 10.2 Å². The molecule has 2 atom stereocenters. The third kappa shape index (κ3) is 3.01. The summed E-state index contributed by atoms with van der Waals surface area (Å²) in [5.41, 5.74) is 6.31. The smallest absolute Gasteiger partial charge is 0.281 e. The summed E-state index contributed by atoms with van der Waals surface area (Å²) in [6.45, 7) is 3.46. The number of hydrogen-bond donors (Lipinski definition) is 4. The van der Waals surface area contributed by atoms with Gasteiger partial charge >= 0.3 is 0 Å². The number of hydrogen-bond acceptors (Lipinski definition) is 2. The van der Waals surface area contributed by atoms with Gasteiger partial charge in [0, 0.05) is 0 Å². The summed E-state index contributed by atoms with van der Waals surface area (Å²) >= 11 is 0. The second-order valence-electron chi connectivity index (χ2n) is 6.62. The van der Waals surface area contributed by atoms with Gasteiger partial charge in [0.05, 0.1) is 0 Å². The van der Waals surface area contributed by atoms with Crippen LogP contribution in [0.1, 0.15) is 48.8 Å². The molecule has 2 heterocycles. The van der Waals surface area contributed by atoms with Gasteiger partial charge in [0.2, 0.25) is 0 Å². The van der Waals surface area contributed by atoms with Gasteiger partial charge in [-0.1, -0.05) is 12.1 Å². The van der Waals surface area contributed by atoms with E-state index < -0.39 is 12.2 Å². The standard InChI is InChI=1S/C19H20N4O2/c1-10(24)18-20-14-5-3-12(8-16(14)22-18)7-13-4-6-15-17(9-13)23-19(21-15)11(2)25/h3-6,8-11,24-25H,7H2,1-2H3,(H,20,22)(H,21,23)/p+2. The summed E-state index contributed by atoms with van der Waals surface area (Å²) in [4.78, 5) is 12.8. The first kappa shape index (κ1) is 15.8. The fourth-order valence-corrected chi connectivity index (χ4v) is 3.12. The molecule has 0 radical (unpaired) electrons. The Labute approximate surface area is 144 Å². The number of aliphatic hydroxyl groups excluding tert-OH is 2. The molecule has 0 saturated carbocycles. The molecule has 25 heavy (non-hydrogen) atoms. The van der Waals surface area contributed by atoms with E-state index in [4.69, 9.17) is 0 Å². The molecule has 4 aromatic rings. The second kappa shape index (κ2) is 5.98. The van der Waals surface area contributed by atoms with E-state index >= 15 is 0 Å². The summed E-state index contributed by atoms with van der Waals surface area (Å²) in [5.74, 6) is 1.42. The van der Waals surface area contributed by atoms with Gasteiger partial charge in [0.25, 0.3) is 11.6 Å². The largest absolute Gasteiger partial charge is 0.381 e. The molecule has 2 aromatic carbocycles. The molecule has 2 unspecified atom stereocenters. The third-order valence-corrected chi connectivity index (χ3v) is 4.49. The minimum absolute atomic E-state index is 0.550. The van der Waals surface area contributed by atoms with Crippen LogP contribution >= 0.6 is 0 Å². The number of benzene rings is 2. The van der Waals surface area contributed by atoms with Crippen LogP contribution in [0, 0.1) is 0 Å². The number of H-pyrrole nitrogens is 4. The highest BCUT2D eigenvalue weighted by Gasteiger charge is 2.16. The van der Waals surface area contributed by atoms with E-state index in [0.717, 1.165) is 28.5 Å². The van der Waals surface area contributed by atoms with Crippen LogP contribution in [0.2, 0.25) is 0 Å². The molecule has 0 spiro atoms. The first-order valence-electron chi connectivity index (χ1n) is 8.43. The second-order valence-corrected chi connectivity index (χ2v) is 6.62. The topological polar surface area (TPSA) is 100 Å². The molecule has 0 bridgehead atoms. The Balaban J connectivity index is 1.64. The van der Waals surface area contributed by atoms with Gasteiger partial charge in [-0.2, -0.15) is 0 Å². The van der Waals surface area contributed by atoms with Gasteiger partial charge in [-0.15, -0.1) is 0 Å². The zero-order chi connectivity index (χ0) is 17.6. The number of aromatic amines is 4. The predicted octanol–water partition coefficient (Wildman–Crippen LogP) is 1.97. The van der Waals surface area contributed by atoms with Crippen molar-refractivity contribution in [1.82, 2.24) is 9.97 Å². The summed E-state index contributed by atoms with van der Waals surface area (Å²) in [6.07, 6.45) is -0.297. The van der Waals surface area contributed by atoms with Crippen molar-refractivity contribution in [2.24, 2.45) is 0 Å². The maximum atomic E-state index is 9.68. The summed E-state index contributed by atoms with van der Waals surface area (Å²) in [7, 11) is 0. The Kier molecular flexibility index (Phi) is 3.78. The Hall–Kier alpha value is -2.70. The van der Waals surface area contributed by atoms with Gasteiger partial charge in [0.1, 0.15) is 0 Å². The zero-order valence-electron chi connectivity index (χ0n) is 14.2. The minimum Gasteiger partial charge on any atom is -0.381 e. The lowest BCUT2D eigenvalue weighted by atomic mass is 10.0. The molecule has 0 fully saturated rings. The molecule has 0 aliphatic rings. The van der Waals surface area contributed by atoms with Crippen molar-refractivity contribution in [2.45, 2.75) is 32.5 Å². The van der Waals surface area contributed by atoms with E-state index in [1.54, 1.807) is 13.8 Å². The molecule has 6 nitrogen and oxygen atoms in total. The Morgan fingerprint density at radius 1 is 0.800 bits per heavy atom. The Bertz CT molecular complexity index is 962. The highest BCUT2D eigenvalue weighted by atomic mass is 16.3. The molecule has 2 aromatic heterocycles. The highest BCUT2D eigenvalue weighted by Crippen LogP contribution is 2.19. The maximum absolute atomic E-state index is 9.68. The average Bonchev–Trinajstić information content (AvgIpc) is 3.17. The molecule has 0 amide bonds. The number of imidazole rings is 2. The number of aliphatic hydroxyl groups is 2. The van der Waals surface area contributed by atoms with Crippen LogP contribution in [0.15, 0.2) is 36.4 Å². The van der Waals surface area contributed by atoms with Gasteiger partial charge in [0.15, 0.2) is 34.3 Å². The molecule has 0 aliphatic carbocycles. The Morgan fingerprint density at radius 3 is 1.64 bits per heavy atom. The van der Waals surface area contributed by atoms with Crippen LogP contribution in [-0.4, -0.2) is 20.2 Å². The van der Waals surface area contributed by atoms with Crippen molar-refractivity contribution < 1.29 is 20.2 Å². The maximum Gasteiger partial charge on any atom is 0.281 e. The lowest BCUT2D eigenvalue weighted by Crippen LogP contribution is -2.10. The summed E-state index contributed by atoms with van der Waals surface area (Å²) < 4.78 is 0. The normalized spacial score (nSPS) is 14.2.